The Kier molecular flexibility index (Phi) is 3.81. The molecule has 1 aliphatic rings. The zero-order valence-corrected chi connectivity index (χ0v) is 12.7. The number of hydrogen-bond acceptors (Lipinski definition) is 4. The van der Waals surface area contributed by atoms with Crippen molar-refractivity contribution >= 4 is 0 Å². The molecule has 1 fully saturated rings. The van der Waals surface area contributed by atoms with Crippen LogP contribution < -0.4 is 5.73 Å². The van der Waals surface area contributed by atoms with Crippen molar-refractivity contribution in [1.29, 1.82) is 0 Å². The van der Waals surface area contributed by atoms with Gasteiger partial charge in [-0.25, -0.2) is 0 Å². The Balaban J connectivity index is 1.99. The van der Waals surface area contributed by atoms with E-state index in [1.165, 1.54) is 18.4 Å². The molecule has 2 aromatic rings. The number of hydrogen-bond donors (Lipinski definition) is 1. The van der Waals surface area contributed by atoms with Gasteiger partial charge in [-0.15, -0.1) is 0 Å². The molecule has 4 heteroatoms. The normalized spacial score (nSPS) is 19.0. The lowest BCUT2D eigenvalue weighted by atomic mass is 9.78. The Morgan fingerprint density at radius 2 is 1.81 bits per heavy atom. The van der Waals surface area contributed by atoms with Crippen LogP contribution in [-0.2, 0) is 5.41 Å². The summed E-state index contributed by atoms with van der Waals surface area (Å²) >= 11 is 0. The molecular formula is C17H23N3O. The van der Waals surface area contributed by atoms with E-state index in [0.29, 0.717) is 5.89 Å². The van der Waals surface area contributed by atoms with Crippen molar-refractivity contribution in [3.8, 4) is 0 Å². The van der Waals surface area contributed by atoms with Gasteiger partial charge < -0.3 is 10.3 Å². The Hall–Kier alpha value is -1.68. The van der Waals surface area contributed by atoms with Gasteiger partial charge in [-0.3, -0.25) is 0 Å². The molecule has 0 bridgehead atoms. The van der Waals surface area contributed by atoms with E-state index in [4.69, 9.17) is 10.3 Å². The topological polar surface area (TPSA) is 64.9 Å². The molecule has 1 unspecified atom stereocenters. The average Bonchev–Trinajstić information content (AvgIpc) is 3.17. The van der Waals surface area contributed by atoms with Gasteiger partial charge in [0.2, 0.25) is 5.89 Å². The summed E-state index contributed by atoms with van der Waals surface area (Å²) in [4.78, 5) is 4.66. The van der Waals surface area contributed by atoms with Gasteiger partial charge in [0.05, 0.1) is 11.5 Å². The molecule has 1 aromatic heterocycles. The minimum Gasteiger partial charge on any atom is -0.338 e. The van der Waals surface area contributed by atoms with Crippen LogP contribution in [0.15, 0.2) is 34.9 Å². The number of rotatable bonds is 4. The molecule has 1 atom stereocenters. The number of nitrogens with two attached hydrogens (primary N) is 1. The second kappa shape index (κ2) is 5.60. The van der Waals surface area contributed by atoms with Crippen LogP contribution in [0.1, 0.15) is 62.9 Å². The van der Waals surface area contributed by atoms with Crippen molar-refractivity contribution in [2.24, 2.45) is 11.7 Å². The second-order valence-corrected chi connectivity index (χ2v) is 6.38. The van der Waals surface area contributed by atoms with Gasteiger partial charge >= 0.3 is 0 Å². The third-order valence-corrected chi connectivity index (χ3v) is 4.66. The molecular weight excluding hydrogens is 262 g/mol. The average molecular weight is 285 g/mol. The molecule has 3 rings (SSSR count). The van der Waals surface area contributed by atoms with Gasteiger partial charge in [0, 0.05) is 0 Å². The van der Waals surface area contributed by atoms with Gasteiger partial charge in [0.1, 0.15) is 0 Å². The minimum atomic E-state index is -0.194. The predicted octanol–water partition coefficient (Wildman–Crippen LogP) is 3.59. The van der Waals surface area contributed by atoms with Crippen LogP contribution in [0, 0.1) is 5.92 Å². The van der Waals surface area contributed by atoms with Crippen molar-refractivity contribution < 1.29 is 4.52 Å². The molecule has 0 spiro atoms. The van der Waals surface area contributed by atoms with Crippen molar-refractivity contribution in [2.75, 3.05) is 0 Å². The fraction of sp³-hybridized carbons (Fsp3) is 0.529. The van der Waals surface area contributed by atoms with Crippen molar-refractivity contribution in [3.63, 3.8) is 0 Å². The molecule has 0 amide bonds. The maximum absolute atomic E-state index is 6.14. The maximum atomic E-state index is 6.14. The van der Waals surface area contributed by atoms with E-state index in [9.17, 15) is 0 Å². The second-order valence-electron chi connectivity index (χ2n) is 6.38. The van der Waals surface area contributed by atoms with Crippen LogP contribution in [0.2, 0.25) is 0 Å². The first-order valence-electron chi connectivity index (χ1n) is 7.79. The Labute approximate surface area is 125 Å². The monoisotopic (exact) mass is 285 g/mol. The van der Waals surface area contributed by atoms with E-state index in [2.05, 4.69) is 48.3 Å². The fourth-order valence-corrected chi connectivity index (χ4v) is 3.23. The lowest BCUT2D eigenvalue weighted by Gasteiger charge is -2.25. The zero-order valence-electron chi connectivity index (χ0n) is 12.7. The molecule has 1 saturated carbocycles. The SMILES string of the molecule is CC(C)C(N)c1nc(C2(c3ccccc3)CCCC2)no1. The van der Waals surface area contributed by atoms with E-state index in [1.807, 2.05) is 6.07 Å². The van der Waals surface area contributed by atoms with E-state index in [0.717, 1.165) is 18.7 Å². The van der Waals surface area contributed by atoms with Crippen LogP contribution in [0.3, 0.4) is 0 Å². The summed E-state index contributed by atoms with van der Waals surface area (Å²) in [7, 11) is 0. The van der Waals surface area contributed by atoms with E-state index in [-0.39, 0.29) is 17.4 Å². The predicted molar refractivity (Wildman–Crippen MR) is 81.8 cm³/mol. The molecule has 0 aliphatic heterocycles. The summed E-state index contributed by atoms with van der Waals surface area (Å²) in [5.41, 5.74) is 7.32. The summed E-state index contributed by atoms with van der Waals surface area (Å²) in [6, 6.07) is 10.4. The minimum absolute atomic E-state index is 0.0975. The summed E-state index contributed by atoms with van der Waals surface area (Å²) in [5.74, 6) is 1.65. The lowest BCUT2D eigenvalue weighted by molar-refractivity contribution is 0.317. The number of aromatic nitrogens is 2. The van der Waals surface area contributed by atoms with Gasteiger partial charge in [-0.2, -0.15) is 4.98 Å². The van der Waals surface area contributed by atoms with Crippen LogP contribution >= 0.6 is 0 Å². The molecule has 0 radical (unpaired) electrons. The highest BCUT2D eigenvalue weighted by Gasteiger charge is 2.41. The summed E-state index contributed by atoms with van der Waals surface area (Å²) in [6.45, 7) is 4.13. The first-order valence-corrected chi connectivity index (χ1v) is 7.79. The van der Waals surface area contributed by atoms with E-state index in [1.54, 1.807) is 0 Å². The molecule has 21 heavy (non-hydrogen) atoms. The molecule has 112 valence electrons. The molecule has 2 N–H and O–H groups in total. The largest absolute Gasteiger partial charge is 0.338 e. The Bertz CT molecular complexity index is 585. The van der Waals surface area contributed by atoms with Crippen LogP contribution in [-0.4, -0.2) is 10.1 Å². The van der Waals surface area contributed by atoms with Gasteiger partial charge in [-0.1, -0.05) is 62.2 Å². The first kappa shape index (κ1) is 14.3. The van der Waals surface area contributed by atoms with Gasteiger partial charge in [0.25, 0.3) is 0 Å². The van der Waals surface area contributed by atoms with Gasteiger partial charge in [0.15, 0.2) is 5.82 Å². The summed E-state index contributed by atoms with van der Waals surface area (Å²) in [6.07, 6.45) is 4.56. The highest BCUT2D eigenvalue weighted by molar-refractivity contribution is 5.33. The number of benzene rings is 1. The number of nitrogens with zero attached hydrogens (tertiary/aromatic N) is 2. The van der Waals surface area contributed by atoms with Gasteiger partial charge in [-0.05, 0) is 24.3 Å². The van der Waals surface area contributed by atoms with Crippen molar-refractivity contribution in [2.45, 2.75) is 51.0 Å². The molecule has 1 heterocycles. The first-order chi connectivity index (χ1) is 10.1. The standard InChI is InChI=1S/C17H23N3O/c1-12(2)14(18)15-19-16(20-21-15)17(10-6-7-11-17)13-8-4-3-5-9-13/h3-5,8-9,12,14H,6-7,10-11,18H2,1-2H3. The quantitative estimate of drug-likeness (QED) is 0.932. The van der Waals surface area contributed by atoms with E-state index >= 15 is 0 Å². The zero-order chi connectivity index (χ0) is 14.9. The third kappa shape index (κ3) is 2.48. The van der Waals surface area contributed by atoms with Crippen LogP contribution in [0.4, 0.5) is 0 Å². The van der Waals surface area contributed by atoms with E-state index < -0.39 is 0 Å². The van der Waals surface area contributed by atoms with Crippen molar-refractivity contribution in [3.05, 3.63) is 47.6 Å². The maximum Gasteiger partial charge on any atom is 0.243 e. The summed E-state index contributed by atoms with van der Waals surface area (Å²) in [5, 5.41) is 4.28. The molecule has 4 nitrogen and oxygen atoms in total. The van der Waals surface area contributed by atoms with Crippen LogP contribution in [0.25, 0.3) is 0 Å². The Morgan fingerprint density at radius 3 is 2.43 bits per heavy atom. The molecule has 1 aliphatic carbocycles. The fourth-order valence-electron chi connectivity index (χ4n) is 3.23. The van der Waals surface area contributed by atoms with Crippen LogP contribution in [0.5, 0.6) is 0 Å². The van der Waals surface area contributed by atoms with Crippen molar-refractivity contribution in [1.82, 2.24) is 10.1 Å². The molecule has 0 saturated heterocycles. The summed E-state index contributed by atoms with van der Waals surface area (Å²) < 4.78 is 5.46. The highest BCUT2D eigenvalue weighted by Crippen LogP contribution is 2.45. The molecule has 1 aromatic carbocycles. The smallest absolute Gasteiger partial charge is 0.243 e. The lowest BCUT2D eigenvalue weighted by Crippen LogP contribution is -2.26. The highest BCUT2D eigenvalue weighted by atomic mass is 16.5. The Morgan fingerprint density at radius 1 is 1.14 bits per heavy atom. The third-order valence-electron chi connectivity index (χ3n) is 4.66.